The highest BCUT2D eigenvalue weighted by atomic mass is 16.5. The Morgan fingerprint density at radius 3 is 2.48 bits per heavy atom. The van der Waals surface area contributed by atoms with Gasteiger partial charge in [-0.2, -0.15) is 0 Å². The van der Waals surface area contributed by atoms with Gasteiger partial charge in [0, 0.05) is 24.2 Å². The second kappa shape index (κ2) is 4.81. The van der Waals surface area contributed by atoms with E-state index in [1.165, 1.54) is 0 Å². The largest absolute Gasteiger partial charge is 0.501 e. The van der Waals surface area contributed by atoms with Crippen LogP contribution in [0.25, 0.3) is 0 Å². The van der Waals surface area contributed by atoms with Gasteiger partial charge in [-0.1, -0.05) is 13.8 Å². The summed E-state index contributed by atoms with van der Waals surface area (Å²) in [5.74, 6) is 2.31. The summed E-state index contributed by atoms with van der Waals surface area (Å²) in [4.78, 5) is 25.4. The predicted octanol–water partition coefficient (Wildman–Crippen LogP) is 3.84. The third kappa shape index (κ3) is 1.88. The van der Waals surface area contributed by atoms with Crippen molar-refractivity contribution in [3.05, 3.63) is 23.5 Å². The maximum absolute atomic E-state index is 13.0. The van der Waals surface area contributed by atoms with Gasteiger partial charge in [0.05, 0.1) is 12.9 Å². The van der Waals surface area contributed by atoms with Gasteiger partial charge in [0.25, 0.3) is 0 Å². The van der Waals surface area contributed by atoms with Crippen molar-refractivity contribution in [1.82, 2.24) is 0 Å². The highest BCUT2D eigenvalue weighted by Crippen LogP contribution is 2.62. The van der Waals surface area contributed by atoms with Crippen LogP contribution < -0.4 is 0 Å². The lowest BCUT2D eigenvalue weighted by Crippen LogP contribution is -2.52. The molecule has 0 amide bonds. The van der Waals surface area contributed by atoms with Crippen LogP contribution in [0.2, 0.25) is 0 Å². The Bertz CT molecular complexity index is 643. The summed E-state index contributed by atoms with van der Waals surface area (Å²) in [6, 6.07) is 0. The van der Waals surface area contributed by atoms with E-state index in [9.17, 15) is 9.59 Å². The quantitative estimate of drug-likeness (QED) is 0.738. The van der Waals surface area contributed by atoms with Crippen molar-refractivity contribution in [3.8, 4) is 0 Å². The number of carbonyl (C=O) groups excluding carboxylic acids is 2. The maximum atomic E-state index is 13.0. The van der Waals surface area contributed by atoms with E-state index in [2.05, 4.69) is 19.9 Å². The Morgan fingerprint density at radius 2 is 1.74 bits per heavy atom. The van der Waals surface area contributed by atoms with Crippen LogP contribution in [0.15, 0.2) is 23.5 Å². The van der Waals surface area contributed by atoms with Gasteiger partial charge in [-0.3, -0.25) is 9.59 Å². The minimum Gasteiger partial charge on any atom is -0.501 e. The molecule has 0 N–H and O–H groups in total. The van der Waals surface area contributed by atoms with E-state index in [1.54, 1.807) is 7.11 Å². The average Bonchev–Trinajstić information content (AvgIpc) is 2.83. The highest BCUT2D eigenvalue weighted by molar-refractivity contribution is 5.97. The molecule has 23 heavy (non-hydrogen) atoms. The average molecular weight is 314 g/mol. The number of ketones is 2. The van der Waals surface area contributed by atoms with E-state index in [1.807, 2.05) is 6.08 Å². The molecule has 4 rings (SSSR count). The van der Waals surface area contributed by atoms with Crippen LogP contribution in [-0.2, 0) is 14.3 Å². The lowest BCUT2D eigenvalue weighted by Gasteiger charge is -2.54. The Hall–Kier alpha value is -1.38. The van der Waals surface area contributed by atoms with Gasteiger partial charge in [0.1, 0.15) is 5.78 Å². The van der Waals surface area contributed by atoms with Crippen LogP contribution in [-0.4, -0.2) is 18.7 Å². The van der Waals surface area contributed by atoms with E-state index in [-0.39, 0.29) is 28.4 Å². The smallest absolute Gasteiger partial charge is 0.159 e. The molecule has 5 atom stereocenters. The van der Waals surface area contributed by atoms with Crippen LogP contribution in [0.3, 0.4) is 0 Å². The fraction of sp³-hybridized carbons (Fsp3) is 0.700. The number of allylic oxidation sites excluding steroid dienone is 4. The summed E-state index contributed by atoms with van der Waals surface area (Å²) in [7, 11) is 1.71. The first-order valence-electron chi connectivity index (χ1n) is 8.94. The number of carbonyl (C=O) groups is 2. The molecule has 124 valence electrons. The molecule has 4 aliphatic rings. The van der Waals surface area contributed by atoms with E-state index in [4.69, 9.17) is 4.74 Å². The van der Waals surface area contributed by atoms with Crippen LogP contribution in [0.1, 0.15) is 52.4 Å². The molecule has 3 nitrogen and oxygen atoms in total. The number of hydrogen-bond donors (Lipinski definition) is 0. The van der Waals surface area contributed by atoms with Crippen molar-refractivity contribution in [2.24, 2.45) is 28.6 Å². The minimum atomic E-state index is -0.249. The van der Waals surface area contributed by atoms with Crippen molar-refractivity contribution < 1.29 is 14.3 Å². The summed E-state index contributed by atoms with van der Waals surface area (Å²) in [5.41, 5.74) is 0.966. The molecular weight excluding hydrogens is 288 g/mol. The topological polar surface area (TPSA) is 43.4 Å². The molecule has 0 aliphatic heterocycles. The molecule has 0 heterocycles. The maximum Gasteiger partial charge on any atom is 0.159 e. The number of rotatable bonds is 1. The zero-order valence-electron chi connectivity index (χ0n) is 14.4. The van der Waals surface area contributed by atoms with Crippen molar-refractivity contribution >= 4 is 11.6 Å². The molecule has 5 unspecified atom stereocenters. The number of methoxy groups -OCH3 is 1. The molecule has 2 fully saturated rings. The second-order valence-electron chi connectivity index (χ2n) is 8.39. The lowest BCUT2D eigenvalue weighted by molar-refractivity contribution is -0.138. The van der Waals surface area contributed by atoms with E-state index in [0.717, 1.165) is 43.4 Å². The molecule has 3 heteroatoms. The number of fused-ring (bicyclic) bond motifs is 5. The van der Waals surface area contributed by atoms with Gasteiger partial charge in [-0.05, 0) is 60.7 Å². The van der Waals surface area contributed by atoms with Gasteiger partial charge >= 0.3 is 0 Å². The Balaban J connectivity index is 1.78. The van der Waals surface area contributed by atoms with Gasteiger partial charge in [0.15, 0.2) is 5.78 Å². The minimum absolute atomic E-state index is 0.0476. The predicted molar refractivity (Wildman–Crippen MR) is 87.6 cm³/mol. The first-order chi connectivity index (χ1) is 10.9. The number of hydrogen-bond acceptors (Lipinski definition) is 3. The van der Waals surface area contributed by atoms with Crippen LogP contribution in [0.4, 0.5) is 0 Å². The first kappa shape index (κ1) is 15.2. The Morgan fingerprint density at radius 1 is 1.00 bits per heavy atom. The SMILES string of the molecule is COC1=CC2=CC(=O)C3C4CCC(=O)C4(C)CCC3C2(C)CC1. The molecule has 0 aromatic rings. The molecular formula is C20H26O3. The van der Waals surface area contributed by atoms with Crippen molar-refractivity contribution in [2.45, 2.75) is 52.4 Å². The molecule has 0 saturated heterocycles. The zero-order valence-corrected chi connectivity index (χ0v) is 14.4. The Labute approximate surface area is 138 Å². The highest BCUT2D eigenvalue weighted by Gasteiger charge is 2.60. The second-order valence-corrected chi connectivity index (χ2v) is 8.39. The summed E-state index contributed by atoms with van der Waals surface area (Å²) in [5, 5.41) is 0. The molecule has 4 aliphatic carbocycles. The lowest BCUT2D eigenvalue weighted by atomic mass is 9.48. The van der Waals surface area contributed by atoms with Crippen LogP contribution >= 0.6 is 0 Å². The number of ether oxygens (including phenoxy) is 1. The van der Waals surface area contributed by atoms with Gasteiger partial charge in [0.2, 0.25) is 0 Å². The van der Waals surface area contributed by atoms with Crippen molar-refractivity contribution in [2.75, 3.05) is 7.11 Å². The summed E-state index contributed by atoms with van der Waals surface area (Å²) in [6.07, 6.45) is 9.47. The van der Waals surface area contributed by atoms with Crippen LogP contribution in [0, 0.1) is 28.6 Å². The van der Waals surface area contributed by atoms with Crippen molar-refractivity contribution in [1.29, 1.82) is 0 Å². The van der Waals surface area contributed by atoms with Gasteiger partial charge < -0.3 is 4.74 Å². The molecule has 0 radical (unpaired) electrons. The summed E-state index contributed by atoms with van der Waals surface area (Å²) >= 11 is 0. The molecule has 0 aromatic carbocycles. The molecule has 0 bridgehead atoms. The van der Waals surface area contributed by atoms with Gasteiger partial charge in [-0.15, -0.1) is 0 Å². The molecule has 2 saturated carbocycles. The third-order valence-corrected chi connectivity index (χ3v) is 7.55. The number of Topliss-reactive ketones (excluding diaryl/α,β-unsaturated/α-hetero) is 1. The molecule has 0 aromatic heterocycles. The van der Waals surface area contributed by atoms with E-state index >= 15 is 0 Å². The normalized spacial score (nSPS) is 45.6. The monoisotopic (exact) mass is 314 g/mol. The van der Waals surface area contributed by atoms with E-state index < -0.39 is 0 Å². The first-order valence-corrected chi connectivity index (χ1v) is 8.94. The fourth-order valence-electron chi connectivity index (χ4n) is 5.98. The third-order valence-electron chi connectivity index (χ3n) is 7.55. The fourth-order valence-corrected chi connectivity index (χ4v) is 5.98. The molecule has 0 spiro atoms. The summed E-state index contributed by atoms with van der Waals surface area (Å²) < 4.78 is 5.42. The zero-order chi connectivity index (χ0) is 16.4. The van der Waals surface area contributed by atoms with Crippen molar-refractivity contribution in [3.63, 3.8) is 0 Å². The van der Waals surface area contributed by atoms with Gasteiger partial charge in [-0.25, -0.2) is 0 Å². The van der Waals surface area contributed by atoms with E-state index in [0.29, 0.717) is 18.1 Å². The Kier molecular flexibility index (Phi) is 3.17. The standard InChI is InChI=1S/C20H26O3/c1-19-8-6-13(23-3)10-12(19)11-16(21)18-14-4-5-17(22)20(14,2)9-7-15(18)19/h10-11,14-15,18H,4-9H2,1-3H3. The summed E-state index contributed by atoms with van der Waals surface area (Å²) in [6.45, 7) is 4.44. The van der Waals surface area contributed by atoms with Crippen LogP contribution in [0.5, 0.6) is 0 Å².